The van der Waals surface area contributed by atoms with E-state index in [1.165, 1.54) is 34.4 Å². The van der Waals surface area contributed by atoms with E-state index in [-0.39, 0.29) is 22.8 Å². The Morgan fingerprint density at radius 2 is 2.00 bits per heavy atom. The number of hydrogen-bond acceptors (Lipinski definition) is 6. The van der Waals surface area contributed by atoms with Crippen molar-refractivity contribution >= 4 is 46.1 Å². The maximum absolute atomic E-state index is 13.2. The first-order valence-electron chi connectivity index (χ1n) is 10.0. The molecule has 1 atom stereocenters. The van der Waals surface area contributed by atoms with E-state index in [1.807, 2.05) is 5.38 Å². The lowest BCUT2D eigenvalue weighted by molar-refractivity contribution is -0.132. The highest BCUT2D eigenvalue weighted by Gasteiger charge is 2.48. The van der Waals surface area contributed by atoms with Crippen molar-refractivity contribution < 1.29 is 24.5 Å². The number of fused-ring (bicyclic) bond motifs is 1. The van der Waals surface area contributed by atoms with Crippen LogP contribution >= 0.6 is 22.9 Å². The number of phenols is 1. The minimum absolute atomic E-state index is 0.0338. The van der Waals surface area contributed by atoms with E-state index >= 15 is 0 Å². The fourth-order valence-electron chi connectivity index (χ4n) is 4.15. The van der Waals surface area contributed by atoms with E-state index in [0.717, 1.165) is 24.2 Å². The number of rotatable bonds is 3. The average Bonchev–Trinajstić information content (AvgIpc) is 3.42. The zero-order chi connectivity index (χ0) is 22.4. The fourth-order valence-corrected chi connectivity index (χ4v) is 5.14. The number of carbonyl (C=O) groups is 2. The molecule has 2 aromatic carbocycles. The van der Waals surface area contributed by atoms with Crippen molar-refractivity contribution in [2.24, 2.45) is 0 Å². The largest absolute Gasteiger partial charge is 0.507 e. The molecule has 0 saturated carbocycles. The molecular formula is C24H18ClNO5S. The van der Waals surface area contributed by atoms with E-state index in [2.05, 4.69) is 0 Å². The predicted molar refractivity (Wildman–Crippen MR) is 122 cm³/mol. The molecule has 6 nitrogen and oxygen atoms in total. The molecule has 2 N–H and O–H groups in total. The zero-order valence-electron chi connectivity index (χ0n) is 16.7. The monoisotopic (exact) mass is 467 g/mol. The minimum Gasteiger partial charge on any atom is -0.507 e. The van der Waals surface area contributed by atoms with Gasteiger partial charge in [0.15, 0.2) is 0 Å². The van der Waals surface area contributed by atoms with Gasteiger partial charge in [-0.05, 0) is 66.2 Å². The van der Waals surface area contributed by atoms with Crippen LogP contribution in [0.3, 0.4) is 0 Å². The molecule has 1 fully saturated rings. The number of aromatic hydroxyl groups is 1. The van der Waals surface area contributed by atoms with Crippen molar-refractivity contribution in [2.75, 3.05) is 11.5 Å². The normalized spacial score (nSPS) is 19.7. The van der Waals surface area contributed by atoms with Gasteiger partial charge in [-0.15, -0.1) is 11.3 Å². The van der Waals surface area contributed by atoms with Crippen LogP contribution in [0.15, 0.2) is 59.5 Å². The van der Waals surface area contributed by atoms with Crippen LogP contribution in [0.25, 0.3) is 5.76 Å². The van der Waals surface area contributed by atoms with E-state index in [1.54, 1.807) is 30.3 Å². The third-order valence-corrected chi connectivity index (χ3v) is 6.80. The maximum Gasteiger partial charge on any atom is 0.300 e. The summed E-state index contributed by atoms with van der Waals surface area (Å²) in [6, 6.07) is 12.2. The van der Waals surface area contributed by atoms with E-state index in [4.69, 9.17) is 16.3 Å². The Labute approximate surface area is 192 Å². The first-order valence-corrected chi connectivity index (χ1v) is 11.3. The minimum atomic E-state index is -0.897. The van der Waals surface area contributed by atoms with E-state index in [9.17, 15) is 19.8 Å². The van der Waals surface area contributed by atoms with Crippen LogP contribution in [0, 0.1) is 0 Å². The van der Waals surface area contributed by atoms with Crippen LogP contribution in [0.1, 0.15) is 28.5 Å². The van der Waals surface area contributed by atoms with Crippen LogP contribution in [0.5, 0.6) is 11.5 Å². The van der Waals surface area contributed by atoms with Crippen LogP contribution < -0.4 is 9.64 Å². The van der Waals surface area contributed by atoms with E-state index < -0.39 is 17.7 Å². The standard InChI is InChI=1S/C24H18ClNO5S/c25-15-6-7-17(27)16(12-15)26-21(19-4-2-10-32-19)20(23(29)24(26)30)22(28)14-5-8-18-13(11-14)3-1-9-31-18/h2,4-8,10-12,21,27-28H,1,3,9H2/b22-20-. The van der Waals surface area contributed by atoms with Gasteiger partial charge in [-0.25, -0.2) is 0 Å². The number of anilines is 1. The first-order chi connectivity index (χ1) is 15.5. The average molecular weight is 468 g/mol. The van der Waals surface area contributed by atoms with Gasteiger partial charge in [-0.2, -0.15) is 0 Å². The number of halogens is 1. The summed E-state index contributed by atoms with van der Waals surface area (Å²) < 4.78 is 5.64. The van der Waals surface area contributed by atoms with Gasteiger partial charge in [0.2, 0.25) is 0 Å². The summed E-state index contributed by atoms with van der Waals surface area (Å²) in [7, 11) is 0. The first kappa shape index (κ1) is 20.6. The fraction of sp³-hybridized carbons (Fsp3) is 0.167. The molecule has 2 aliphatic heterocycles. The van der Waals surface area contributed by atoms with Gasteiger partial charge in [-0.1, -0.05) is 17.7 Å². The van der Waals surface area contributed by atoms with Gasteiger partial charge < -0.3 is 14.9 Å². The summed E-state index contributed by atoms with van der Waals surface area (Å²) in [6.45, 7) is 0.644. The molecule has 1 amide bonds. The molecule has 8 heteroatoms. The Morgan fingerprint density at radius 1 is 1.16 bits per heavy atom. The molecule has 0 spiro atoms. The van der Waals surface area contributed by atoms with Crippen molar-refractivity contribution in [1.82, 2.24) is 0 Å². The van der Waals surface area contributed by atoms with Crippen LogP contribution in [0.2, 0.25) is 5.02 Å². The van der Waals surface area contributed by atoms with Crippen LogP contribution in [0.4, 0.5) is 5.69 Å². The smallest absolute Gasteiger partial charge is 0.300 e. The Morgan fingerprint density at radius 3 is 2.78 bits per heavy atom. The number of benzene rings is 2. The third-order valence-electron chi connectivity index (χ3n) is 5.64. The van der Waals surface area contributed by atoms with Crippen molar-refractivity contribution in [3.05, 3.63) is 80.5 Å². The topological polar surface area (TPSA) is 87.1 Å². The number of nitrogens with zero attached hydrogens (tertiary/aromatic N) is 1. The van der Waals surface area contributed by atoms with Gasteiger partial charge in [-0.3, -0.25) is 14.5 Å². The SMILES string of the molecule is O=C1C(=O)N(c2cc(Cl)ccc2O)C(c2cccs2)/C1=C(/O)c1ccc2c(c1)CCCO2. The number of Topliss-reactive ketones (excluding diaryl/α,β-unsaturated/α-hetero) is 1. The Hall–Kier alpha value is -3.29. The lowest BCUT2D eigenvalue weighted by atomic mass is 9.97. The molecular weight excluding hydrogens is 450 g/mol. The summed E-state index contributed by atoms with van der Waals surface area (Å²) in [6.07, 6.45) is 1.67. The van der Waals surface area contributed by atoms with Gasteiger partial charge in [0.1, 0.15) is 23.3 Å². The number of phenolic OH excluding ortho intramolecular Hbond substituents is 1. The number of hydrogen-bond donors (Lipinski definition) is 2. The summed E-state index contributed by atoms with van der Waals surface area (Å²) in [4.78, 5) is 28.1. The summed E-state index contributed by atoms with van der Waals surface area (Å²) in [5, 5.41) is 23.8. The predicted octanol–water partition coefficient (Wildman–Crippen LogP) is 5.06. The molecule has 2 aliphatic rings. The maximum atomic E-state index is 13.2. The van der Waals surface area contributed by atoms with Gasteiger partial charge in [0.25, 0.3) is 11.7 Å². The highest BCUT2D eigenvalue weighted by atomic mass is 35.5. The van der Waals surface area contributed by atoms with E-state index in [0.29, 0.717) is 22.1 Å². The number of aliphatic hydroxyl groups excluding tert-OH is 1. The number of thiophene rings is 1. The van der Waals surface area contributed by atoms with Gasteiger partial charge in [0.05, 0.1) is 17.9 Å². The highest BCUT2D eigenvalue weighted by Crippen LogP contribution is 2.46. The lowest BCUT2D eigenvalue weighted by Gasteiger charge is -2.25. The quantitative estimate of drug-likeness (QED) is 0.319. The molecule has 0 radical (unpaired) electrons. The summed E-state index contributed by atoms with van der Waals surface area (Å²) in [5.41, 5.74) is 1.45. The van der Waals surface area contributed by atoms with Crippen molar-refractivity contribution in [3.63, 3.8) is 0 Å². The Bertz CT molecular complexity index is 1270. The third kappa shape index (κ3) is 3.34. The van der Waals surface area contributed by atoms with Crippen molar-refractivity contribution in [2.45, 2.75) is 18.9 Å². The molecule has 0 aliphatic carbocycles. The second-order valence-electron chi connectivity index (χ2n) is 7.59. The Balaban J connectivity index is 1.70. The number of aliphatic hydroxyl groups is 1. The van der Waals surface area contributed by atoms with Crippen molar-refractivity contribution in [3.8, 4) is 11.5 Å². The molecule has 3 heterocycles. The zero-order valence-corrected chi connectivity index (χ0v) is 18.3. The number of amides is 1. The second kappa shape index (κ2) is 8.00. The highest BCUT2D eigenvalue weighted by molar-refractivity contribution is 7.10. The molecule has 1 unspecified atom stereocenters. The number of ketones is 1. The molecule has 162 valence electrons. The van der Waals surface area contributed by atoms with Crippen LogP contribution in [-0.2, 0) is 16.0 Å². The molecule has 0 bridgehead atoms. The van der Waals surface area contributed by atoms with Crippen molar-refractivity contribution in [1.29, 1.82) is 0 Å². The molecule has 3 aromatic rings. The number of carbonyl (C=O) groups excluding carboxylic acids is 2. The second-order valence-corrected chi connectivity index (χ2v) is 9.01. The van der Waals surface area contributed by atoms with Gasteiger partial charge >= 0.3 is 0 Å². The number of ether oxygens (including phenoxy) is 1. The van der Waals surface area contributed by atoms with Gasteiger partial charge in [0, 0.05) is 15.5 Å². The summed E-state index contributed by atoms with van der Waals surface area (Å²) in [5.74, 6) is -1.37. The molecule has 1 saturated heterocycles. The molecule has 1 aromatic heterocycles. The lowest BCUT2D eigenvalue weighted by Crippen LogP contribution is -2.29. The van der Waals surface area contributed by atoms with Crippen LogP contribution in [-0.4, -0.2) is 28.5 Å². The number of aryl methyl sites for hydroxylation is 1. The Kier molecular flexibility index (Phi) is 5.15. The molecule has 5 rings (SSSR count). The summed E-state index contributed by atoms with van der Waals surface area (Å²) >= 11 is 7.46. The molecule has 32 heavy (non-hydrogen) atoms.